The third-order valence-corrected chi connectivity index (χ3v) is 3.41. The van der Waals surface area contributed by atoms with Gasteiger partial charge < -0.3 is 15.5 Å². The number of halogens is 1. The maximum Gasteiger partial charge on any atom is 0.332 e. The summed E-state index contributed by atoms with van der Waals surface area (Å²) in [5.41, 5.74) is 0. The molecule has 0 saturated heterocycles. The molecule has 0 fully saturated rings. The van der Waals surface area contributed by atoms with E-state index < -0.39 is 12.1 Å². The number of carbonyl (C=O) groups is 2. The molecule has 0 saturated carbocycles. The summed E-state index contributed by atoms with van der Waals surface area (Å²) in [5, 5.41) is 19.9. The first-order chi connectivity index (χ1) is 7.50. The summed E-state index contributed by atoms with van der Waals surface area (Å²) in [7, 11) is 0. The van der Waals surface area contributed by atoms with E-state index in [0.29, 0.717) is 4.88 Å². The van der Waals surface area contributed by atoms with Gasteiger partial charge in [0, 0.05) is 13.0 Å². The van der Waals surface area contributed by atoms with Gasteiger partial charge in [0.2, 0.25) is 0 Å². The van der Waals surface area contributed by atoms with Crippen molar-refractivity contribution in [1.29, 1.82) is 0 Å². The summed E-state index contributed by atoms with van der Waals surface area (Å²) < 4.78 is 0.850. The van der Waals surface area contributed by atoms with Gasteiger partial charge in [0.1, 0.15) is 0 Å². The van der Waals surface area contributed by atoms with Crippen molar-refractivity contribution in [2.24, 2.45) is 0 Å². The zero-order chi connectivity index (χ0) is 12.1. The Kier molecular flexibility index (Phi) is 4.91. The Morgan fingerprint density at radius 3 is 2.69 bits per heavy atom. The Morgan fingerprint density at radius 2 is 2.19 bits per heavy atom. The molecular weight excluding hydrogens is 298 g/mol. The van der Waals surface area contributed by atoms with Crippen LogP contribution in [0.25, 0.3) is 0 Å². The van der Waals surface area contributed by atoms with Crippen LogP contribution in [0, 0.1) is 0 Å². The van der Waals surface area contributed by atoms with Crippen molar-refractivity contribution in [2.75, 3.05) is 6.54 Å². The number of nitrogens with one attached hydrogen (secondary N) is 1. The van der Waals surface area contributed by atoms with Crippen LogP contribution in [0.5, 0.6) is 0 Å². The molecule has 1 rings (SSSR count). The molecule has 7 heteroatoms. The number of hydrogen-bond donors (Lipinski definition) is 3. The van der Waals surface area contributed by atoms with Gasteiger partial charge >= 0.3 is 5.97 Å². The molecule has 1 aromatic rings. The van der Waals surface area contributed by atoms with Crippen LogP contribution in [0.4, 0.5) is 0 Å². The fourth-order valence-electron chi connectivity index (χ4n) is 0.969. The second-order valence-corrected chi connectivity index (χ2v) is 5.47. The Labute approximate surface area is 104 Å². The summed E-state index contributed by atoms with van der Waals surface area (Å²) in [6, 6.07) is 3.42. The zero-order valence-electron chi connectivity index (χ0n) is 8.14. The molecule has 88 valence electrons. The number of aliphatic hydroxyl groups is 1. The van der Waals surface area contributed by atoms with Crippen LogP contribution in [0.2, 0.25) is 0 Å². The normalized spacial score (nSPS) is 12.1. The van der Waals surface area contributed by atoms with Gasteiger partial charge in [-0.25, -0.2) is 4.79 Å². The van der Waals surface area contributed by atoms with Crippen LogP contribution in [0.3, 0.4) is 0 Å². The van der Waals surface area contributed by atoms with E-state index in [1.165, 1.54) is 11.3 Å². The summed E-state index contributed by atoms with van der Waals surface area (Å²) in [4.78, 5) is 22.3. The average Bonchev–Trinajstić information content (AvgIpc) is 2.64. The van der Waals surface area contributed by atoms with E-state index in [9.17, 15) is 9.59 Å². The SMILES string of the molecule is O=C(NCC[C@H](O)C(=O)O)c1ccc(Br)s1. The van der Waals surface area contributed by atoms with Gasteiger partial charge in [-0.2, -0.15) is 0 Å². The molecule has 0 aliphatic heterocycles. The highest BCUT2D eigenvalue weighted by Gasteiger charge is 2.13. The van der Waals surface area contributed by atoms with E-state index in [0.717, 1.165) is 3.79 Å². The minimum atomic E-state index is -1.43. The Hall–Kier alpha value is -0.920. The summed E-state index contributed by atoms with van der Waals surface area (Å²) in [6.45, 7) is 0.127. The molecule has 0 aliphatic rings. The number of carboxylic acid groups (broad SMARTS) is 1. The molecule has 1 atom stereocenters. The van der Waals surface area contributed by atoms with Gasteiger partial charge in [0.25, 0.3) is 5.91 Å². The molecule has 1 heterocycles. The van der Waals surface area contributed by atoms with Crippen molar-refractivity contribution in [3.63, 3.8) is 0 Å². The highest BCUT2D eigenvalue weighted by molar-refractivity contribution is 9.11. The van der Waals surface area contributed by atoms with Gasteiger partial charge in [-0.15, -0.1) is 11.3 Å². The van der Waals surface area contributed by atoms with Gasteiger partial charge in [0.05, 0.1) is 8.66 Å². The molecule has 1 amide bonds. The topological polar surface area (TPSA) is 86.6 Å². The van der Waals surface area contributed by atoms with E-state index >= 15 is 0 Å². The molecule has 0 radical (unpaired) electrons. The van der Waals surface area contributed by atoms with Crippen molar-refractivity contribution in [1.82, 2.24) is 5.32 Å². The van der Waals surface area contributed by atoms with Crippen molar-refractivity contribution in [3.05, 3.63) is 20.8 Å². The first-order valence-electron chi connectivity index (χ1n) is 4.45. The molecule has 5 nitrogen and oxygen atoms in total. The van der Waals surface area contributed by atoms with E-state index in [4.69, 9.17) is 10.2 Å². The third kappa shape index (κ3) is 3.92. The lowest BCUT2D eigenvalue weighted by Gasteiger charge is -2.05. The highest BCUT2D eigenvalue weighted by Crippen LogP contribution is 2.21. The lowest BCUT2D eigenvalue weighted by molar-refractivity contribution is -0.146. The van der Waals surface area contributed by atoms with Crippen molar-refractivity contribution < 1.29 is 19.8 Å². The summed E-state index contributed by atoms with van der Waals surface area (Å²) >= 11 is 4.52. The van der Waals surface area contributed by atoms with E-state index in [-0.39, 0.29) is 18.9 Å². The lowest BCUT2D eigenvalue weighted by atomic mass is 10.2. The van der Waals surface area contributed by atoms with Crippen LogP contribution in [0.15, 0.2) is 15.9 Å². The first-order valence-corrected chi connectivity index (χ1v) is 6.06. The van der Waals surface area contributed by atoms with Crippen molar-refractivity contribution in [2.45, 2.75) is 12.5 Å². The lowest BCUT2D eigenvalue weighted by Crippen LogP contribution is -2.29. The second kappa shape index (κ2) is 5.97. The fourth-order valence-corrected chi connectivity index (χ4v) is 2.27. The number of rotatable bonds is 5. The second-order valence-electron chi connectivity index (χ2n) is 3.00. The molecular formula is C9H10BrNO4S. The quantitative estimate of drug-likeness (QED) is 0.759. The molecule has 0 bridgehead atoms. The van der Waals surface area contributed by atoms with Gasteiger partial charge in [-0.3, -0.25) is 4.79 Å². The zero-order valence-corrected chi connectivity index (χ0v) is 10.5. The standard InChI is InChI=1S/C9H10BrNO4S/c10-7-2-1-6(16-7)8(13)11-4-3-5(12)9(14)15/h1-2,5,12H,3-4H2,(H,11,13)(H,14,15)/t5-/m0/s1. The smallest absolute Gasteiger partial charge is 0.332 e. The molecule has 0 aliphatic carbocycles. The van der Waals surface area contributed by atoms with E-state index in [2.05, 4.69) is 21.2 Å². The van der Waals surface area contributed by atoms with Crippen molar-refractivity contribution in [3.8, 4) is 0 Å². The molecule has 16 heavy (non-hydrogen) atoms. The number of hydrogen-bond acceptors (Lipinski definition) is 4. The monoisotopic (exact) mass is 307 g/mol. The molecule has 0 aromatic carbocycles. The number of thiophene rings is 1. The fraction of sp³-hybridized carbons (Fsp3) is 0.333. The largest absolute Gasteiger partial charge is 0.479 e. The maximum absolute atomic E-state index is 11.5. The minimum absolute atomic E-state index is 0.00633. The van der Waals surface area contributed by atoms with Crippen LogP contribution in [-0.2, 0) is 4.79 Å². The van der Waals surface area contributed by atoms with Crippen LogP contribution >= 0.6 is 27.3 Å². The van der Waals surface area contributed by atoms with Gasteiger partial charge in [-0.05, 0) is 28.1 Å². The van der Waals surface area contributed by atoms with Crippen LogP contribution in [-0.4, -0.2) is 34.7 Å². The number of carbonyl (C=O) groups excluding carboxylic acids is 1. The maximum atomic E-state index is 11.5. The minimum Gasteiger partial charge on any atom is -0.479 e. The van der Waals surface area contributed by atoms with Crippen LogP contribution in [0.1, 0.15) is 16.1 Å². The average molecular weight is 308 g/mol. The Bertz CT molecular complexity index is 393. The Morgan fingerprint density at radius 1 is 1.50 bits per heavy atom. The number of aliphatic carboxylic acids is 1. The van der Waals surface area contributed by atoms with Crippen LogP contribution < -0.4 is 5.32 Å². The number of aliphatic hydroxyl groups excluding tert-OH is 1. The van der Waals surface area contributed by atoms with Gasteiger partial charge in [0.15, 0.2) is 6.10 Å². The van der Waals surface area contributed by atoms with E-state index in [1.54, 1.807) is 12.1 Å². The molecule has 1 aromatic heterocycles. The first kappa shape index (κ1) is 13.1. The predicted octanol–water partition coefficient (Wildman–Crippen LogP) is 1.08. The molecule has 3 N–H and O–H groups in total. The Balaban J connectivity index is 2.34. The van der Waals surface area contributed by atoms with Crippen molar-refractivity contribution >= 4 is 39.1 Å². The molecule has 0 unspecified atom stereocenters. The summed E-state index contributed by atoms with van der Waals surface area (Å²) in [6.07, 6.45) is -1.44. The number of amides is 1. The summed E-state index contributed by atoms with van der Waals surface area (Å²) in [5.74, 6) is -1.55. The molecule has 0 spiro atoms. The van der Waals surface area contributed by atoms with E-state index in [1.807, 2.05) is 0 Å². The third-order valence-electron chi connectivity index (χ3n) is 1.79. The predicted molar refractivity (Wildman–Crippen MR) is 62.6 cm³/mol. The number of carboxylic acids is 1. The van der Waals surface area contributed by atoms with Gasteiger partial charge in [-0.1, -0.05) is 0 Å². The highest BCUT2D eigenvalue weighted by atomic mass is 79.9.